The Kier molecular flexibility index (Phi) is 5.36. The molecule has 8 heteroatoms. The quantitative estimate of drug-likeness (QED) is 0.456. The van der Waals surface area contributed by atoms with E-state index in [1.54, 1.807) is 18.6 Å². The molecule has 0 aliphatic carbocycles. The Labute approximate surface area is 190 Å². The zero-order chi connectivity index (χ0) is 21.2. The lowest BCUT2D eigenvalue weighted by Crippen LogP contribution is -2.30. The van der Waals surface area contributed by atoms with Gasteiger partial charge in [-0.25, -0.2) is 4.98 Å². The predicted molar refractivity (Wildman–Crippen MR) is 124 cm³/mol. The van der Waals surface area contributed by atoms with Crippen molar-refractivity contribution in [1.82, 2.24) is 29.7 Å². The van der Waals surface area contributed by atoms with Crippen molar-refractivity contribution in [1.29, 1.82) is 0 Å². The molecule has 5 heterocycles. The van der Waals surface area contributed by atoms with Gasteiger partial charge in [0, 0.05) is 43.2 Å². The number of hydrogen-bond donors (Lipinski definition) is 1. The summed E-state index contributed by atoms with van der Waals surface area (Å²) in [5.41, 5.74) is 3.13. The Hall–Kier alpha value is -3.29. The average Bonchev–Trinajstić information content (AvgIpc) is 3.40. The van der Waals surface area contributed by atoms with Gasteiger partial charge in [-0.3, -0.25) is 9.97 Å². The fraction of sp³-hybridized carbons (Fsp3) is 0.130. The molecule has 0 unspecified atom stereocenters. The SMILES string of the molecule is S=C1N[C@@H](c2ccccn2)[C@H](c2cccn2-c2ccc(Cl)cn2)N1Cc1ccncc1. The molecular formula is C23H19ClN6S. The number of pyridine rings is 3. The maximum Gasteiger partial charge on any atom is 0.170 e. The van der Waals surface area contributed by atoms with Gasteiger partial charge in [-0.15, -0.1) is 0 Å². The van der Waals surface area contributed by atoms with E-state index in [2.05, 4.69) is 35.8 Å². The smallest absolute Gasteiger partial charge is 0.170 e. The van der Waals surface area contributed by atoms with Gasteiger partial charge in [-0.05, 0) is 66.3 Å². The first-order chi connectivity index (χ1) is 15.2. The Bertz CT molecular complexity index is 1180. The van der Waals surface area contributed by atoms with E-state index in [1.807, 2.05) is 60.9 Å². The number of thiocarbonyl (C=S) groups is 1. The number of halogens is 1. The van der Waals surface area contributed by atoms with Crippen LogP contribution in [0.5, 0.6) is 0 Å². The lowest BCUT2D eigenvalue weighted by molar-refractivity contribution is 0.302. The van der Waals surface area contributed by atoms with E-state index < -0.39 is 0 Å². The van der Waals surface area contributed by atoms with Crippen molar-refractivity contribution in [2.75, 3.05) is 0 Å². The van der Waals surface area contributed by atoms with Gasteiger partial charge in [0.05, 0.1) is 22.8 Å². The predicted octanol–water partition coefficient (Wildman–Crippen LogP) is 4.49. The molecule has 1 N–H and O–H groups in total. The molecule has 1 fully saturated rings. The highest BCUT2D eigenvalue weighted by atomic mass is 35.5. The minimum absolute atomic E-state index is 0.0805. The summed E-state index contributed by atoms with van der Waals surface area (Å²) >= 11 is 11.8. The van der Waals surface area contributed by atoms with E-state index in [-0.39, 0.29) is 12.1 Å². The highest BCUT2D eigenvalue weighted by molar-refractivity contribution is 7.80. The Morgan fingerprint density at radius 2 is 1.84 bits per heavy atom. The zero-order valence-electron chi connectivity index (χ0n) is 16.5. The zero-order valence-corrected chi connectivity index (χ0v) is 18.0. The molecule has 6 nitrogen and oxygen atoms in total. The highest BCUT2D eigenvalue weighted by Gasteiger charge is 2.41. The molecule has 2 atom stereocenters. The van der Waals surface area contributed by atoms with Crippen molar-refractivity contribution in [3.63, 3.8) is 0 Å². The van der Waals surface area contributed by atoms with Crippen LogP contribution in [-0.4, -0.2) is 29.5 Å². The molecule has 0 aromatic carbocycles. The topological polar surface area (TPSA) is 58.9 Å². The number of nitrogens with zero attached hydrogens (tertiary/aromatic N) is 5. The number of nitrogens with one attached hydrogen (secondary N) is 1. The van der Waals surface area contributed by atoms with Crippen LogP contribution in [0.3, 0.4) is 0 Å². The van der Waals surface area contributed by atoms with E-state index >= 15 is 0 Å². The molecule has 154 valence electrons. The summed E-state index contributed by atoms with van der Waals surface area (Å²) in [5.74, 6) is 0.797. The molecule has 0 bridgehead atoms. The monoisotopic (exact) mass is 446 g/mol. The fourth-order valence-electron chi connectivity index (χ4n) is 3.94. The molecule has 0 radical (unpaired) electrons. The standard InChI is InChI=1S/C23H19ClN6S/c24-17-6-7-20(27-14-17)29-13-3-5-19(29)22-21(18-4-1-2-10-26-18)28-23(31)30(22)15-16-8-11-25-12-9-16/h1-14,21-22H,15H2,(H,28,31)/t21-,22-/m0/s1. The normalized spacial score (nSPS) is 18.2. The van der Waals surface area contributed by atoms with Gasteiger partial charge in [0.2, 0.25) is 0 Å². The molecule has 31 heavy (non-hydrogen) atoms. The van der Waals surface area contributed by atoms with Crippen molar-refractivity contribution >= 4 is 28.9 Å². The number of rotatable bonds is 5. The van der Waals surface area contributed by atoms with Crippen LogP contribution in [0.1, 0.15) is 29.0 Å². The van der Waals surface area contributed by atoms with Crippen LogP contribution in [0.2, 0.25) is 5.02 Å². The second kappa shape index (κ2) is 8.45. The van der Waals surface area contributed by atoms with Gasteiger partial charge in [0.25, 0.3) is 0 Å². The summed E-state index contributed by atoms with van der Waals surface area (Å²) in [6.45, 7) is 0.654. The first-order valence-electron chi connectivity index (χ1n) is 9.87. The minimum atomic E-state index is -0.100. The lowest BCUT2D eigenvalue weighted by atomic mass is 10.0. The third-order valence-corrected chi connectivity index (χ3v) is 5.92. The summed E-state index contributed by atoms with van der Waals surface area (Å²) in [6.07, 6.45) is 9.07. The first-order valence-corrected chi connectivity index (χ1v) is 10.7. The molecule has 1 aliphatic rings. The van der Waals surface area contributed by atoms with Gasteiger partial charge in [-0.1, -0.05) is 17.7 Å². The average molecular weight is 447 g/mol. The first kappa shape index (κ1) is 19.7. The molecule has 1 saturated heterocycles. The van der Waals surface area contributed by atoms with Crippen LogP contribution in [0, 0.1) is 0 Å². The molecule has 1 aliphatic heterocycles. The van der Waals surface area contributed by atoms with Crippen molar-refractivity contribution in [2.24, 2.45) is 0 Å². The van der Waals surface area contributed by atoms with Crippen molar-refractivity contribution in [2.45, 2.75) is 18.6 Å². The fourth-order valence-corrected chi connectivity index (χ4v) is 4.35. The molecule has 0 saturated carbocycles. The van der Waals surface area contributed by atoms with E-state index in [1.165, 1.54) is 0 Å². The van der Waals surface area contributed by atoms with Crippen molar-refractivity contribution in [3.8, 4) is 5.82 Å². The third kappa shape index (κ3) is 3.89. The molecule has 4 aromatic rings. The van der Waals surface area contributed by atoms with E-state index in [0.717, 1.165) is 22.8 Å². The van der Waals surface area contributed by atoms with Gasteiger partial charge in [0.1, 0.15) is 5.82 Å². The largest absolute Gasteiger partial charge is 0.352 e. The lowest BCUT2D eigenvalue weighted by Gasteiger charge is -2.28. The second-order valence-corrected chi connectivity index (χ2v) is 8.07. The molecular weight excluding hydrogens is 428 g/mol. The molecule has 0 spiro atoms. The minimum Gasteiger partial charge on any atom is -0.352 e. The van der Waals surface area contributed by atoms with E-state index in [9.17, 15) is 0 Å². The van der Waals surface area contributed by atoms with Crippen molar-refractivity contribution in [3.05, 3.63) is 108 Å². The summed E-state index contributed by atoms with van der Waals surface area (Å²) < 4.78 is 2.08. The van der Waals surface area contributed by atoms with Gasteiger partial charge >= 0.3 is 0 Å². The summed E-state index contributed by atoms with van der Waals surface area (Å²) in [6, 6.07) is 17.7. The second-order valence-electron chi connectivity index (χ2n) is 7.25. The molecule has 0 amide bonds. The van der Waals surface area contributed by atoms with Gasteiger partial charge < -0.3 is 14.8 Å². The maximum atomic E-state index is 6.06. The summed E-state index contributed by atoms with van der Waals surface area (Å²) in [4.78, 5) is 15.5. The maximum absolute atomic E-state index is 6.06. The van der Waals surface area contributed by atoms with E-state index in [4.69, 9.17) is 23.8 Å². The number of hydrogen-bond acceptors (Lipinski definition) is 4. The van der Waals surface area contributed by atoms with Crippen LogP contribution in [0.15, 0.2) is 85.6 Å². The van der Waals surface area contributed by atoms with Crippen LogP contribution >= 0.6 is 23.8 Å². The van der Waals surface area contributed by atoms with E-state index in [0.29, 0.717) is 16.7 Å². The van der Waals surface area contributed by atoms with Gasteiger partial charge in [-0.2, -0.15) is 0 Å². The Balaban J connectivity index is 1.60. The third-order valence-electron chi connectivity index (χ3n) is 5.34. The van der Waals surface area contributed by atoms with Gasteiger partial charge in [0.15, 0.2) is 5.11 Å². The summed E-state index contributed by atoms with van der Waals surface area (Å²) in [5, 5.41) is 4.78. The Morgan fingerprint density at radius 1 is 0.968 bits per heavy atom. The highest BCUT2D eigenvalue weighted by Crippen LogP contribution is 2.40. The summed E-state index contributed by atoms with van der Waals surface area (Å²) in [7, 11) is 0. The van der Waals surface area contributed by atoms with Crippen molar-refractivity contribution < 1.29 is 0 Å². The van der Waals surface area contributed by atoms with Crippen LogP contribution < -0.4 is 5.32 Å². The molecule has 5 rings (SSSR count). The van der Waals surface area contributed by atoms with Crippen LogP contribution in [0.4, 0.5) is 0 Å². The number of aromatic nitrogens is 4. The Morgan fingerprint density at radius 3 is 2.58 bits per heavy atom. The van der Waals surface area contributed by atoms with Crippen LogP contribution in [-0.2, 0) is 6.54 Å². The molecule has 4 aromatic heterocycles. The van der Waals surface area contributed by atoms with Crippen LogP contribution in [0.25, 0.3) is 5.82 Å².